The minimum Gasteiger partial charge on any atom is -0.372 e. The number of morpholine rings is 1. The van der Waals surface area contributed by atoms with Crippen LogP contribution >= 0.6 is 0 Å². The molecule has 3 rings (SSSR count). The predicted octanol–water partition coefficient (Wildman–Crippen LogP) is 3.35. The molecule has 1 aromatic rings. The average Bonchev–Trinajstić information content (AvgIpc) is 3.09. The second kappa shape index (κ2) is 4.36. The average molecular weight is 245 g/mol. The molecule has 0 radical (unpaired) electrons. The van der Waals surface area contributed by atoms with E-state index >= 15 is 0 Å². The van der Waals surface area contributed by atoms with Crippen molar-refractivity contribution in [3.05, 3.63) is 35.4 Å². The van der Waals surface area contributed by atoms with E-state index in [-0.39, 0.29) is 5.60 Å². The summed E-state index contributed by atoms with van der Waals surface area (Å²) in [7, 11) is 2.24. The molecule has 0 aromatic heterocycles. The second-order valence-corrected chi connectivity index (χ2v) is 6.21. The zero-order valence-electron chi connectivity index (χ0n) is 11.6. The minimum absolute atomic E-state index is 0.220. The molecule has 2 fully saturated rings. The summed E-state index contributed by atoms with van der Waals surface area (Å²) in [5.41, 5.74) is 3.13. The first kappa shape index (κ1) is 12.2. The van der Waals surface area contributed by atoms with Crippen LogP contribution in [0.2, 0.25) is 0 Å². The fourth-order valence-corrected chi connectivity index (χ4v) is 3.10. The van der Waals surface area contributed by atoms with Crippen molar-refractivity contribution in [1.29, 1.82) is 0 Å². The highest BCUT2D eigenvalue weighted by molar-refractivity contribution is 5.33. The third-order valence-corrected chi connectivity index (χ3v) is 4.40. The Bertz CT molecular complexity index is 436. The molecule has 0 amide bonds. The standard InChI is InChI=1S/C16H23NO/c1-12(2)13-6-4-5-7-14(13)15-10-18-16(8-9-16)11-17(15)3/h4-7,12,15H,8-11H2,1-3H3. The molecule has 18 heavy (non-hydrogen) atoms. The summed E-state index contributed by atoms with van der Waals surface area (Å²) < 4.78 is 6.11. The lowest BCUT2D eigenvalue weighted by Crippen LogP contribution is -2.44. The summed E-state index contributed by atoms with van der Waals surface area (Å²) in [5.74, 6) is 0.575. The first-order valence-corrected chi connectivity index (χ1v) is 7.04. The topological polar surface area (TPSA) is 12.5 Å². The Balaban J connectivity index is 1.86. The minimum atomic E-state index is 0.220. The van der Waals surface area contributed by atoms with Gasteiger partial charge in [-0.1, -0.05) is 38.1 Å². The Morgan fingerprint density at radius 1 is 1.28 bits per heavy atom. The van der Waals surface area contributed by atoms with Crippen LogP contribution in [-0.2, 0) is 4.74 Å². The molecule has 2 nitrogen and oxygen atoms in total. The van der Waals surface area contributed by atoms with Crippen LogP contribution in [0, 0.1) is 0 Å². The number of hydrogen-bond acceptors (Lipinski definition) is 2. The molecule has 2 heteroatoms. The maximum absolute atomic E-state index is 6.11. The van der Waals surface area contributed by atoms with Gasteiger partial charge in [-0.05, 0) is 36.9 Å². The molecule has 0 bridgehead atoms. The Morgan fingerprint density at radius 2 is 2.00 bits per heavy atom. The summed E-state index contributed by atoms with van der Waals surface area (Å²) in [6.07, 6.45) is 2.49. The van der Waals surface area contributed by atoms with Crippen LogP contribution in [-0.4, -0.2) is 30.7 Å². The van der Waals surface area contributed by atoms with Crippen LogP contribution < -0.4 is 0 Å². The quantitative estimate of drug-likeness (QED) is 0.792. The number of nitrogens with zero attached hydrogens (tertiary/aromatic N) is 1. The number of hydrogen-bond donors (Lipinski definition) is 0. The normalized spacial score (nSPS) is 26.8. The molecule has 1 atom stereocenters. The van der Waals surface area contributed by atoms with E-state index in [1.807, 2.05) is 0 Å². The Morgan fingerprint density at radius 3 is 2.61 bits per heavy atom. The monoisotopic (exact) mass is 245 g/mol. The third kappa shape index (κ3) is 2.08. The van der Waals surface area contributed by atoms with Crippen LogP contribution in [0.15, 0.2) is 24.3 Å². The molecule has 1 spiro atoms. The number of ether oxygens (including phenoxy) is 1. The summed E-state index contributed by atoms with van der Waals surface area (Å²) in [5, 5.41) is 0. The predicted molar refractivity (Wildman–Crippen MR) is 73.8 cm³/mol. The van der Waals surface area contributed by atoms with Crippen LogP contribution in [0.5, 0.6) is 0 Å². The van der Waals surface area contributed by atoms with Gasteiger partial charge in [-0.3, -0.25) is 4.90 Å². The molecule has 0 N–H and O–H groups in total. The van der Waals surface area contributed by atoms with Crippen molar-refractivity contribution >= 4 is 0 Å². The molecule has 1 aliphatic carbocycles. The summed E-state index contributed by atoms with van der Waals surface area (Å²) in [6, 6.07) is 9.25. The molecule has 1 saturated carbocycles. The number of rotatable bonds is 2. The van der Waals surface area contributed by atoms with E-state index in [0.717, 1.165) is 13.2 Å². The van der Waals surface area contributed by atoms with Crippen LogP contribution in [0.3, 0.4) is 0 Å². The van der Waals surface area contributed by atoms with E-state index in [1.165, 1.54) is 24.0 Å². The summed E-state index contributed by atoms with van der Waals surface area (Å²) in [6.45, 7) is 6.47. The summed E-state index contributed by atoms with van der Waals surface area (Å²) in [4.78, 5) is 2.48. The lowest BCUT2D eigenvalue weighted by molar-refractivity contribution is -0.0714. The van der Waals surface area contributed by atoms with E-state index in [0.29, 0.717) is 12.0 Å². The van der Waals surface area contributed by atoms with E-state index < -0.39 is 0 Å². The smallest absolute Gasteiger partial charge is 0.0812 e. The van der Waals surface area contributed by atoms with E-state index in [2.05, 4.69) is 50.1 Å². The number of benzene rings is 1. The fourth-order valence-electron chi connectivity index (χ4n) is 3.10. The van der Waals surface area contributed by atoms with Crippen molar-refractivity contribution in [3.8, 4) is 0 Å². The van der Waals surface area contributed by atoms with Crippen LogP contribution in [0.1, 0.15) is 49.8 Å². The van der Waals surface area contributed by atoms with Gasteiger partial charge in [-0.25, -0.2) is 0 Å². The third-order valence-electron chi connectivity index (χ3n) is 4.40. The molecule has 1 aliphatic heterocycles. The Kier molecular flexibility index (Phi) is 2.95. The lowest BCUT2D eigenvalue weighted by atomic mass is 9.91. The zero-order chi connectivity index (χ0) is 12.8. The number of likely N-dealkylation sites (N-methyl/N-ethyl adjacent to an activating group) is 1. The van der Waals surface area contributed by atoms with Crippen molar-refractivity contribution in [2.45, 2.75) is 44.2 Å². The van der Waals surface area contributed by atoms with E-state index in [1.54, 1.807) is 0 Å². The molecular formula is C16H23NO. The Labute approximate surface area is 110 Å². The van der Waals surface area contributed by atoms with Gasteiger partial charge in [0.1, 0.15) is 0 Å². The van der Waals surface area contributed by atoms with E-state index in [4.69, 9.17) is 4.74 Å². The van der Waals surface area contributed by atoms with Gasteiger partial charge >= 0.3 is 0 Å². The second-order valence-electron chi connectivity index (χ2n) is 6.21. The molecule has 98 valence electrons. The van der Waals surface area contributed by atoms with Crippen LogP contribution in [0.4, 0.5) is 0 Å². The highest BCUT2D eigenvalue weighted by atomic mass is 16.5. The van der Waals surface area contributed by atoms with Crippen molar-refractivity contribution in [2.75, 3.05) is 20.2 Å². The Hall–Kier alpha value is -0.860. The van der Waals surface area contributed by atoms with Crippen molar-refractivity contribution in [1.82, 2.24) is 4.90 Å². The molecule has 2 aliphatic rings. The molecule has 1 saturated heterocycles. The maximum atomic E-state index is 6.11. The van der Waals surface area contributed by atoms with Gasteiger partial charge in [-0.15, -0.1) is 0 Å². The molecule has 1 heterocycles. The highest BCUT2D eigenvalue weighted by Crippen LogP contribution is 2.45. The SMILES string of the molecule is CC(C)c1ccccc1C1COC2(CC2)CN1C. The van der Waals surface area contributed by atoms with Gasteiger partial charge < -0.3 is 4.74 Å². The van der Waals surface area contributed by atoms with Gasteiger partial charge in [0, 0.05) is 6.54 Å². The van der Waals surface area contributed by atoms with Crippen LogP contribution in [0.25, 0.3) is 0 Å². The first-order chi connectivity index (χ1) is 8.61. The molecular weight excluding hydrogens is 222 g/mol. The molecule has 1 aromatic carbocycles. The summed E-state index contributed by atoms with van der Waals surface area (Å²) >= 11 is 0. The van der Waals surface area contributed by atoms with Crippen molar-refractivity contribution in [2.24, 2.45) is 0 Å². The van der Waals surface area contributed by atoms with Gasteiger partial charge in [0.05, 0.1) is 18.2 Å². The zero-order valence-corrected chi connectivity index (χ0v) is 11.6. The lowest BCUT2D eigenvalue weighted by Gasteiger charge is -2.39. The van der Waals surface area contributed by atoms with Gasteiger partial charge in [0.2, 0.25) is 0 Å². The fraction of sp³-hybridized carbons (Fsp3) is 0.625. The van der Waals surface area contributed by atoms with Crippen molar-refractivity contribution in [3.63, 3.8) is 0 Å². The van der Waals surface area contributed by atoms with Gasteiger partial charge in [-0.2, -0.15) is 0 Å². The van der Waals surface area contributed by atoms with E-state index in [9.17, 15) is 0 Å². The molecule has 1 unspecified atom stereocenters. The maximum Gasteiger partial charge on any atom is 0.0812 e. The van der Waals surface area contributed by atoms with Gasteiger partial charge in [0.25, 0.3) is 0 Å². The van der Waals surface area contributed by atoms with Gasteiger partial charge in [0.15, 0.2) is 0 Å². The van der Waals surface area contributed by atoms with Crippen molar-refractivity contribution < 1.29 is 4.74 Å². The largest absolute Gasteiger partial charge is 0.372 e. The highest BCUT2D eigenvalue weighted by Gasteiger charge is 2.49. The first-order valence-electron chi connectivity index (χ1n) is 7.04.